The van der Waals surface area contributed by atoms with Crippen molar-refractivity contribution >= 4 is 44.2 Å². The monoisotopic (exact) mass is 494 g/mol. The highest BCUT2D eigenvalue weighted by molar-refractivity contribution is 7.92. The van der Waals surface area contributed by atoms with Crippen LogP contribution in [0.5, 0.6) is 0 Å². The van der Waals surface area contributed by atoms with Crippen LogP contribution < -0.4 is 9.62 Å². The zero-order valence-corrected chi connectivity index (χ0v) is 20.1. The summed E-state index contributed by atoms with van der Waals surface area (Å²) in [4.78, 5) is 16.7. The first-order chi connectivity index (χ1) is 16.3. The fourth-order valence-electron chi connectivity index (χ4n) is 3.04. The lowest BCUT2D eigenvalue weighted by Crippen LogP contribution is -2.24. The van der Waals surface area contributed by atoms with Crippen LogP contribution in [0.1, 0.15) is 11.3 Å². The fourth-order valence-corrected chi connectivity index (χ4v) is 4.27. The number of aromatic nitrogens is 4. The summed E-state index contributed by atoms with van der Waals surface area (Å²) in [5.74, 6) is -0.330. The summed E-state index contributed by atoms with van der Waals surface area (Å²) in [7, 11) is -1.83. The van der Waals surface area contributed by atoms with Gasteiger partial charge in [-0.3, -0.25) is 14.4 Å². The molecule has 1 amide bonds. The molecule has 1 N–H and O–H groups in total. The van der Waals surface area contributed by atoms with Crippen LogP contribution in [-0.2, 0) is 21.4 Å². The van der Waals surface area contributed by atoms with Crippen LogP contribution >= 0.6 is 11.3 Å². The second-order valence-electron chi connectivity index (χ2n) is 7.46. The summed E-state index contributed by atoms with van der Waals surface area (Å²) in [6.07, 6.45) is 5.89. The normalized spacial score (nSPS) is 11.6. The Hall–Kier alpha value is -3.83. The number of amides is 1. The number of carbonyl (C=O) groups is 1. The van der Waals surface area contributed by atoms with Crippen molar-refractivity contribution in [1.29, 1.82) is 0 Å². The zero-order chi connectivity index (χ0) is 24.1. The largest absolute Gasteiger partial charge is 0.298 e. The van der Waals surface area contributed by atoms with E-state index in [1.54, 1.807) is 41.2 Å². The summed E-state index contributed by atoms with van der Waals surface area (Å²) in [5.41, 5.74) is 3.73. The molecule has 0 aliphatic heterocycles. The number of sulfonamides is 1. The van der Waals surface area contributed by atoms with Crippen molar-refractivity contribution in [3.63, 3.8) is 0 Å². The van der Waals surface area contributed by atoms with Gasteiger partial charge in [0.25, 0.3) is 0 Å². The van der Waals surface area contributed by atoms with Crippen molar-refractivity contribution in [3.05, 3.63) is 83.5 Å². The average molecular weight is 495 g/mol. The summed E-state index contributed by atoms with van der Waals surface area (Å²) in [5, 5.41) is 13.2. The predicted octanol–water partition coefficient (Wildman–Crippen LogP) is 3.50. The minimum atomic E-state index is -3.33. The maximum Gasteiger partial charge on any atom is 0.250 e. The lowest BCUT2D eigenvalue weighted by molar-refractivity contribution is -0.111. The molecule has 2 aromatic carbocycles. The standard InChI is InChI=1S/C23H22N6O3S2/c1-28(34(2,31)32)20-11-8-18(9-12-20)21-16-33-23(24-21)25-22(30)13-10-19-15-29(27-26-19)14-17-6-4-3-5-7-17/h3-13,15-16H,14H2,1-2H3,(H,24,25,30). The van der Waals surface area contributed by atoms with Crippen molar-refractivity contribution in [3.8, 4) is 11.3 Å². The van der Waals surface area contributed by atoms with Gasteiger partial charge in [-0.25, -0.2) is 18.1 Å². The highest BCUT2D eigenvalue weighted by Gasteiger charge is 2.12. The molecule has 0 saturated heterocycles. The first kappa shape index (κ1) is 23.3. The van der Waals surface area contributed by atoms with Gasteiger partial charge in [-0.2, -0.15) is 0 Å². The van der Waals surface area contributed by atoms with E-state index in [-0.39, 0.29) is 5.91 Å². The van der Waals surface area contributed by atoms with E-state index >= 15 is 0 Å². The molecule has 2 heterocycles. The number of hydrogen-bond acceptors (Lipinski definition) is 7. The molecule has 34 heavy (non-hydrogen) atoms. The SMILES string of the molecule is CN(c1ccc(-c2csc(NC(=O)C=Cc3cn(Cc4ccccc4)nn3)n2)cc1)S(C)(=O)=O. The summed E-state index contributed by atoms with van der Waals surface area (Å²) in [6, 6.07) is 16.9. The number of carbonyl (C=O) groups excluding carboxylic acids is 1. The summed E-state index contributed by atoms with van der Waals surface area (Å²) < 4.78 is 26.3. The van der Waals surface area contributed by atoms with Crippen molar-refractivity contribution in [2.24, 2.45) is 0 Å². The Morgan fingerprint density at radius 3 is 2.59 bits per heavy atom. The number of rotatable bonds is 8. The van der Waals surface area contributed by atoms with Gasteiger partial charge < -0.3 is 0 Å². The van der Waals surface area contributed by atoms with Crippen molar-refractivity contribution < 1.29 is 13.2 Å². The number of hydrogen-bond donors (Lipinski definition) is 1. The zero-order valence-electron chi connectivity index (χ0n) is 18.5. The van der Waals surface area contributed by atoms with Gasteiger partial charge in [0.05, 0.1) is 30.4 Å². The van der Waals surface area contributed by atoms with Crippen LogP contribution in [-0.4, -0.2) is 47.6 Å². The molecule has 0 bridgehead atoms. The van der Waals surface area contributed by atoms with Crippen LogP contribution in [0, 0.1) is 0 Å². The van der Waals surface area contributed by atoms with Crippen LogP contribution in [0.15, 0.2) is 72.3 Å². The number of anilines is 2. The van der Waals surface area contributed by atoms with E-state index in [9.17, 15) is 13.2 Å². The first-order valence-corrected chi connectivity index (χ1v) is 12.9. The lowest BCUT2D eigenvalue weighted by Gasteiger charge is -2.16. The van der Waals surface area contributed by atoms with Crippen molar-refractivity contribution in [1.82, 2.24) is 20.0 Å². The molecule has 0 atom stereocenters. The van der Waals surface area contributed by atoms with E-state index in [1.165, 1.54) is 28.8 Å². The Morgan fingerprint density at radius 1 is 1.15 bits per heavy atom. The molecule has 0 unspecified atom stereocenters. The molecule has 0 saturated carbocycles. The first-order valence-electron chi connectivity index (χ1n) is 10.2. The van der Waals surface area contributed by atoms with Gasteiger partial charge in [0.15, 0.2) is 5.13 Å². The van der Waals surface area contributed by atoms with Crippen LogP contribution in [0.4, 0.5) is 10.8 Å². The van der Waals surface area contributed by atoms with Gasteiger partial charge in [0.1, 0.15) is 5.69 Å². The highest BCUT2D eigenvalue weighted by atomic mass is 32.2. The number of nitrogens with zero attached hydrogens (tertiary/aromatic N) is 5. The van der Waals surface area contributed by atoms with Crippen molar-refractivity contribution in [2.75, 3.05) is 22.9 Å². The van der Waals surface area contributed by atoms with Crippen molar-refractivity contribution in [2.45, 2.75) is 6.54 Å². The number of benzene rings is 2. The number of thiazole rings is 1. The van der Waals surface area contributed by atoms with Gasteiger partial charge in [-0.1, -0.05) is 47.7 Å². The third kappa shape index (κ3) is 5.94. The molecule has 174 valence electrons. The summed E-state index contributed by atoms with van der Waals surface area (Å²) in [6.45, 7) is 0.599. The minimum Gasteiger partial charge on any atom is -0.298 e. The van der Waals surface area contributed by atoms with E-state index in [4.69, 9.17) is 0 Å². The Kier molecular flexibility index (Phi) is 6.85. The predicted molar refractivity (Wildman–Crippen MR) is 134 cm³/mol. The molecule has 4 rings (SSSR count). The van der Waals surface area contributed by atoms with E-state index in [2.05, 4.69) is 20.6 Å². The molecule has 0 spiro atoms. The smallest absolute Gasteiger partial charge is 0.250 e. The maximum atomic E-state index is 12.3. The Balaban J connectivity index is 1.35. The molecule has 9 nitrogen and oxygen atoms in total. The second kappa shape index (κ2) is 9.98. The van der Waals surface area contributed by atoms with Gasteiger partial charge >= 0.3 is 0 Å². The highest BCUT2D eigenvalue weighted by Crippen LogP contribution is 2.27. The van der Waals surface area contributed by atoms with E-state index in [1.807, 2.05) is 35.7 Å². The van der Waals surface area contributed by atoms with E-state index < -0.39 is 10.0 Å². The minimum absolute atomic E-state index is 0.330. The third-order valence-electron chi connectivity index (χ3n) is 4.91. The topological polar surface area (TPSA) is 110 Å². The molecular weight excluding hydrogens is 472 g/mol. The molecule has 0 aliphatic carbocycles. The molecule has 0 aliphatic rings. The number of nitrogens with one attached hydrogen (secondary N) is 1. The van der Waals surface area contributed by atoms with Gasteiger partial charge in [-0.15, -0.1) is 16.4 Å². The maximum absolute atomic E-state index is 12.3. The van der Waals surface area contributed by atoms with Gasteiger partial charge in [0.2, 0.25) is 15.9 Å². The van der Waals surface area contributed by atoms with Crippen LogP contribution in [0.2, 0.25) is 0 Å². The summed E-state index contributed by atoms with van der Waals surface area (Å²) >= 11 is 1.30. The average Bonchev–Trinajstić information content (AvgIpc) is 3.47. The fraction of sp³-hybridized carbons (Fsp3) is 0.130. The molecule has 0 radical (unpaired) electrons. The molecule has 4 aromatic rings. The molecular formula is C23H22N6O3S2. The van der Waals surface area contributed by atoms with Crippen LogP contribution in [0.3, 0.4) is 0 Å². The van der Waals surface area contributed by atoms with E-state index in [0.29, 0.717) is 28.8 Å². The van der Waals surface area contributed by atoms with E-state index in [0.717, 1.165) is 17.4 Å². The molecule has 2 aromatic heterocycles. The van der Waals surface area contributed by atoms with Gasteiger partial charge in [-0.05, 0) is 23.8 Å². The molecule has 11 heteroatoms. The lowest BCUT2D eigenvalue weighted by atomic mass is 10.1. The Labute approximate surface area is 201 Å². The van der Waals surface area contributed by atoms with Crippen LogP contribution in [0.25, 0.3) is 17.3 Å². The quantitative estimate of drug-likeness (QED) is 0.376. The Morgan fingerprint density at radius 2 is 1.88 bits per heavy atom. The second-order valence-corrected chi connectivity index (χ2v) is 10.3. The van der Waals surface area contributed by atoms with Gasteiger partial charge in [0, 0.05) is 24.1 Å². The molecule has 0 fully saturated rings. The Bertz CT molecular complexity index is 1410. The third-order valence-corrected chi connectivity index (χ3v) is 6.87.